The van der Waals surface area contributed by atoms with Gasteiger partial charge in [0.2, 0.25) is 51.4 Å². The minimum atomic E-state index is -3.60. The molecule has 27 nitrogen and oxygen atoms in total. The van der Waals surface area contributed by atoms with Crippen molar-refractivity contribution in [1.82, 2.24) is 46.5 Å². The number of nitrogens with one attached hydrogen (secondary N) is 8. The number of primary amides is 1. The summed E-state index contributed by atoms with van der Waals surface area (Å²) >= 11 is 0. The molecule has 6 atom stereocenters. The molecule has 87 heavy (non-hydrogen) atoms. The maximum absolute atomic E-state index is 14.3. The lowest BCUT2D eigenvalue weighted by atomic mass is 9.93. The molecule has 0 unspecified atom stereocenters. The molecule has 0 aliphatic carbocycles. The number of hydrogen-bond acceptors (Lipinski definition) is 16. The van der Waals surface area contributed by atoms with Crippen molar-refractivity contribution in [3.05, 3.63) is 65.9 Å². The molecular formula is C57H85N13O14S3. The smallest absolute Gasteiger partial charge is 0.322 e. The van der Waals surface area contributed by atoms with Crippen molar-refractivity contribution in [2.75, 3.05) is 56.6 Å². The fourth-order valence-corrected chi connectivity index (χ4v) is 13.6. The number of amides is 7. The number of ether oxygens (including phenoxy) is 1. The van der Waals surface area contributed by atoms with Crippen molar-refractivity contribution in [3.63, 3.8) is 0 Å². The molecule has 1 aromatic heterocycles. The third-order valence-corrected chi connectivity index (χ3v) is 18.6. The number of carboxylic acid groups (broad SMARTS) is 2. The van der Waals surface area contributed by atoms with E-state index in [4.69, 9.17) is 21.9 Å². The molecule has 30 heteroatoms. The maximum Gasteiger partial charge on any atom is 0.322 e. The zero-order valence-electron chi connectivity index (χ0n) is 49.1. The minimum Gasteiger partial charge on any atom is -0.494 e. The molecule has 6 rings (SSSR count). The summed E-state index contributed by atoms with van der Waals surface area (Å²) in [6.45, 7) is 4.60. The van der Waals surface area contributed by atoms with Crippen molar-refractivity contribution in [1.29, 1.82) is 0 Å². The van der Waals surface area contributed by atoms with E-state index in [9.17, 15) is 61.8 Å². The Kier molecular flexibility index (Phi) is 29.9. The first-order valence-electron chi connectivity index (χ1n) is 29.4. The zero-order chi connectivity index (χ0) is 63.3. The highest BCUT2D eigenvalue weighted by Crippen LogP contribution is 2.26. The number of aromatic nitrogens is 1. The standard InChI is InChI=1S/C35H49N11O9S2.C22H36N2O5S/c36-30(51)25-18-57-56-13-10-27(47)42-22(8-3-4-11-39-35(37)38)31(52)41-17-28(48)43-23(15-29(49)50)32(53)44-24(14-19-16-40-21-7-2-1-6-20(19)21)34(55)46-12-5-9-26(46)33(54)45-25;1-2-3-16-30(27,28)24-21(22(25)26)17-19-7-9-20(10-8-19)29-15-5-4-6-18-11-13-23-14-12-18/h1-2,6-7,16,22-26,40H,3-5,8-15,17-18H2,(H2,36,51)(H,41,52)(H,42,47)(H,43,48)(H,44,53)(H,45,54)(H,49,50)(H4,37,38,39);7-10,18,21,23-24H,2-6,11-17H2,1H3,(H,25,26)/t22-,23-,24-,25-,26-;21-/m00/s1. The number of aliphatic carboxylic acids is 2. The first kappa shape index (κ1) is 70.6. The normalized spacial score (nSPS) is 21.1. The zero-order valence-corrected chi connectivity index (χ0v) is 51.5. The predicted molar refractivity (Wildman–Crippen MR) is 331 cm³/mol. The molecule has 0 bridgehead atoms. The van der Waals surface area contributed by atoms with Crippen LogP contribution >= 0.6 is 21.6 Å². The average Bonchev–Trinajstić information content (AvgIpc) is 2.67. The summed E-state index contributed by atoms with van der Waals surface area (Å²) in [6, 6.07) is 7.11. The topological polar surface area (TPSA) is 431 Å². The van der Waals surface area contributed by atoms with Crippen molar-refractivity contribution in [3.8, 4) is 5.75 Å². The van der Waals surface area contributed by atoms with Crippen LogP contribution in [0.1, 0.15) is 108 Å². The van der Waals surface area contributed by atoms with Gasteiger partial charge in [0, 0.05) is 54.5 Å². The molecule has 480 valence electrons. The molecule has 7 amide bonds. The quantitative estimate of drug-likeness (QED) is 0.0256. The van der Waals surface area contributed by atoms with E-state index in [2.05, 4.69) is 46.6 Å². The maximum atomic E-state index is 14.3. The number of unbranched alkanes of at least 4 members (excludes halogenated alkanes) is 3. The number of hydrogen-bond donors (Lipinski definition) is 13. The van der Waals surface area contributed by atoms with Gasteiger partial charge in [-0.1, -0.05) is 71.7 Å². The lowest BCUT2D eigenvalue weighted by Gasteiger charge is -2.30. The van der Waals surface area contributed by atoms with Crippen LogP contribution in [0.15, 0.2) is 59.7 Å². The molecule has 4 heterocycles. The number of rotatable bonds is 24. The number of aliphatic imine (C=N–C) groups is 1. The van der Waals surface area contributed by atoms with Crippen LogP contribution in [0, 0.1) is 5.92 Å². The Morgan fingerprint density at radius 1 is 0.816 bits per heavy atom. The molecule has 3 aliphatic heterocycles. The molecule has 16 N–H and O–H groups in total. The number of aromatic amines is 1. The Morgan fingerprint density at radius 2 is 1.54 bits per heavy atom. The van der Waals surface area contributed by atoms with E-state index in [0.717, 1.165) is 54.1 Å². The van der Waals surface area contributed by atoms with Gasteiger partial charge in [-0.3, -0.25) is 48.1 Å². The number of carbonyl (C=O) groups is 9. The van der Waals surface area contributed by atoms with Crippen molar-refractivity contribution in [2.24, 2.45) is 28.1 Å². The number of H-pyrrole nitrogens is 1. The number of guanidine groups is 1. The van der Waals surface area contributed by atoms with E-state index in [-0.39, 0.29) is 68.4 Å². The van der Waals surface area contributed by atoms with E-state index in [0.29, 0.717) is 37.9 Å². The molecule has 0 spiro atoms. The van der Waals surface area contributed by atoms with E-state index in [1.54, 1.807) is 24.4 Å². The van der Waals surface area contributed by atoms with Crippen molar-refractivity contribution in [2.45, 2.75) is 146 Å². The Morgan fingerprint density at radius 3 is 2.24 bits per heavy atom. The second-order valence-electron chi connectivity index (χ2n) is 21.6. The summed E-state index contributed by atoms with van der Waals surface area (Å²) in [5.41, 5.74) is 18.5. The Hall–Kier alpha value is -7.15. The predicted octanol–water partition coefficient (Wildman–Crippen LogP) is 0.896. The van der Waals surface area contributed by atoms with Crippen LogP contribution in [-0.4, -0.2) is 181 Å². The third kappa shape index (κ3) is 25.2. The molecule has 3 saturated heterocycles. The molecule has 3 fully saturated rings. The summed E-state index contributed by atoms with van der Waals surface area (Å²) in [7, 11) is -1.15. The molecule has 3 aromatic rings. The number of nitrogens with two attached hydrogens (primary N) is 3. The fourth-order valence-electron chi connectivity index (χ4n) is 10.0. The van der Waals surface area contributed by atoms with Crippen LogP contribution in [0.4, 0.5) is 0 Å². The summed E-state index contributed by atoms with van der Waals surface area (Å²) in [5, 5.41) is 35.9. The summed E-state index contributed by atoms with van der Waals surface area (Å²) in [6.07, 6.45) is 9.80. The van der Waals surface area contributed by atoms with Gasteiger partial charge >= 0.3 is 11.9 Å². The number of para-hydroxylation sites is 1. The number of fused-ring (bicyclic) bond motifs is 2. The van der Waals surface area contributed by atoms with Gasteiger partial charge in [-0.2, -0.15) is 0 Å². The van der Waals surface area contributed by atoms with Gasteiger partial charge < -0.3 is 73.9 Å². The average molecular weight is 1270 g/mol. The Bertz CT molecular complexity index is 2920. The Labute approximate surface area is 514 Å². The van der Waals surface area contributed by atoms with Gasteiger partial charge in [-0.25, -0.2) is 13.1 Å². The van der Waals surface area contributed by atoms with E-state index in [1.807, 2.05) is 37.3 Å². The van der Waals surface area contributed by atoms with Gasteiger partial charge in [-0.15, -0.1) is 0 Å². The molecular weight excluding hydrogens is 1190 g/mol. The van der Waals surface area contributed by atoms with Gasteiger partial charge in [-0.05, 0) is 119 Å². The van der Waals surface area contributed by atoms with Crippen LogP contribution < -0.4 is 58.6 Å². The first-order valence-corrected chi connectivity index (χ1v) is 33.6. The first-order chi connectivity index (χ1) is 41.6. The lowest BCUT2D eigenvalue weighted by Crippen LogP contribution is -2.59. The largest absolute Gasteiger partial charge is 0.494 e. The van der Waals surface area contributed by atoms with Crippen LogP contribution in [0.25, 0.3) is 10.9 Å². The number of carboxylic acids is 2. The van der Waals surface area contributed by atoms with Gasteiger partial charge in [0.05, 0.1) is 25.3 Å². The molecule has 3 aliphatic rings. The molecule has 0 saturated carbocycles. The van der Waals surface area contributed by atoms with Crippen LogP contribution in [-0.2, 0) is 66.0 Å². The highest BCUT2D eigenvalue weighted by Gasteiger charge is 2.40. The van der Waals surface area contributed by atoms with Gasteiger partial charge in [0.15, 0.2) is 5.96 Å². The van der Waals surface area contributed by atoms with Gasteiger partial charge in [0.1, 0.15) is 42.0 Å². The number of sulfonamides is 1. The number of benzene rings is 2. The van der Waals surface area contributed by atoms with Crippen LogP contribution in [0.5, 0.6) is 5.75 Å². The molecule has 2 aromatic carbocycles. The van der Waals surface area contributed by atoms with Gasteiger partial charge in [0.25, 0.3) is 0 Å². The van der Waals surface area contributed by atoms with Crippen LogP contribution in [0.3, 0.4) is 0 Å². The highest BCUT2D eigenvalue weighted by molar-refractivity contribution is 8.76. The lowest BCUT2D eigenvalue weighted by molar-refractivity contribution is -0.143. The fraction of sp³-hybridized carbons (Fsp3) is 0.579. The summed E-state index contributed by atoms with van der Waals surface area (Å²) in [4.78, 5) is 125. The number of nitrogens with zero attached hydrogens (tertiary/aromatic N) is 2. The second kappa shape index (κ2) is 36.9. The van der Waals surface area contributed by atoms with Crippen molar-refractivity contribution >= 4 is 102 Å². The van der Waals surface area contributed by atoms with Crippen molar-refractivity contribution < 1.29 is 66.5 Å². The SMILES string of the molecule is CCCCS(=O)(=O)N[C@@H](Cc1ccc(OCCCCC2CCNCC2)cc1)C(=O)O.NC(=O)[C@@H]1CSSCCC(=O)N[C@@H](CCCCN=C(N)N)C(=O)NCC(=O)N[C@@H](CC(=O)O)C(=O)N[C@@H](Cc2c[nH]c3ccccc23)C(=O)N2CCC[C@H]2C(=O)N1. The number of piperidine rings is 1. The summed E-state index contributed by atoms with van der Waals surface area (Å²) in [5.74, 6) is -6.00. The molecule has 0 radical (unpaired) electrons. The van der Waals surface area contributed by atoms with E-state index < -0.39 is 113 Å². The second-order valence-corrected chi connectivity index (χ2v) is 26.1. The third-order valence-electron chi connectivity index (χ3n) is 14.7. The monoisotopic (exact) mass is 1270 g/mol. The van der Waals surface area contributed by atoms with E-state index in [1.165, 1.54) is 52.2 Å². The highest BCUT2D eigenvalue weighted by atomic mass is 33.1. The number of carbonyl (C=O) groups excluding carboxylic acids is 7. The van der Waals surface area contributed by atoms with E-state index >= 15 is 0 Å². The summed E-state index contributed by atoms with van der Waals surface area (Å²) < 4.78 is 32.1. The van der Waals surface area contributed by atoms with Crippen LogP contribution in [0.2, 0.25) is 0 Å². The minimum absolute atomic E-state index is 0.0195. The Balaban J connectivity index is 0.000000386.